The molecule has 9 heteroatoms. The van der Waals surface area contributed by atoms with Gasteiger partial charge in [-0.3, -0.25) is 4.79 Å². The number of amides is 1. The Labute approximate surface area is 226 Å². The quantitative estimate of drug-likeness (QED) is 0.238. The zero-order valence-corrected chi connectivity index (χ0v) is 22.2. The number of carbonyl (C=O) groups is 1. The second kappa shape index (κ2) is 10.9. The molecule has 0 bridgehead atoms. The van der Waals surface area contributed by atoms with Gasteiger partial charge in [-0.25, -0.2) is 13.1 Å². The molecule has 0 aliphatic rings. The van der Waals surface area contributed by atoms with E-state index < -0.39 is 10.0 Å². The Kier molecular flexibility index (Phi) is 7.37. The normalized spacial score (nSPS) is 11.6. The lowest BCUT2D eigenvalue weighted by atomic mass is 10.1. The summed E-state index contributed by atoms with van der Waals surface area (Å²) in [6, 6.07) is 27.3. The van der Waals surface area contributed by atoms with E-state index in [2.05, 4.69) is 33.7 Å². The average molecular weight is 548 g/mol. The summed E-state index contributed by atoms with van der Waals surface area (Å²) in [4.78, 5) is 12.6. The van der Waals surface area contributed by atoms with Crippen LogP contribution in [0.4, 0.5) is 5.69 Å². The SMILES string of the molecule is CCn1c2ccccc2c2cc(NC(=O)COc3ccc(S(=O)(=O)NCc4ccccc4)cc3Cl)ccc21. The number of para-hydroxylation sites is 1. The summed E-state index contributed by atoms with van der Waals surface area (Å²) in [5.41, 5.74) is 3.74. The lowest BCUT2D eigenvalue weighted by Crippen LogP contribution is -2.23. The van der Waals surface area contributed by atoms with Crippen molar-refractivity contribution >= 4 is 55.0 Å². The number of rotatable bonds is 9. The smallest absolute Gasteiger partial charge is 0.262 e. The molecule has 5 aromatic rings. The van der Waals surface area contributed by atoms with Gasteiger partial charge < -0.3 is 14.6 Å². The van der Waals surface area contributed by atoms with Crippen LogP contribution in [-0.4, -0.2) is 25.5 Å². The number of sulfonamides is 1. The third-order valence-electron chi connectivity index (χ3n) is 6.25. The predicted octanol–water partition coefficient (Wildman–Crippen LogP) is 5.96. The van der Waals surface area contributed by atoms with Crippen molar-refractivity contribution in [3.05, 3.63) is 102 Å². The van der Waals surface area contributed by atoms with Crippen molar-refractivity contribution < 1.29 is 17.9 Å². The fourth-order valence-electron chi connectivity index (χ4n) is 4.44. The van der Waals surface area contributed by atoms with Crippen molar-refractivity contribution in [3.63, 3.8) is 0 Å². The van der Waals surface area contributed by atoms with Gasteiger partial charge in [0.2, 0.25) is 10.0 Å². The molecule has 7 nitrogen and oxygen atoms in total. The van der Waals surface area contributed by atoms with Crippen LogP contribution >= 0.6 is 11.6 Å². The van der Waals surface area contributed by atoms with Crippen molar-refractivity contribution in [1.29, 1.82) is 0 Å². The minimum absolute atomic E-state index is 0.00905. The minimum atomic E-state index is -3.77. The third-order valence-corrected chi connectivity index (χ3v) is 7.95. The second-order valence-corrected chi connectivity index (χ2v) is 10.9. The van der Waals surface area contributed by atoms with Gasteiger partial charge in [-0.15, -0.1) is 0 Å². The van der Waals surface area contributed by atoms with Crippen LogP contribution in [0.1, 0.15) is 12.5 Å². The third kappa shape index (κ3) is 5.38. The molecular formula is C29H26ClN3O4S. The number of anilines is 1. The average Bonchev–Trinajstić information content (AvgIpc) is 3.25. The van der Waals surface area contributed by atoms with Crippen molar-refractivity contribution in [2.45, 2.75) is 24.9 Å². The highest BCUT2D eigenvalue weighted by Gasteiger charge is 2.17. The Hall–Kier alpha value is -3.85. The largest absolute Gasteiger partial charge is 0.482 e. The molecule has 5 rings (SSSR count). The number of benzene rings is 4. The molecule has 0 fully saturated rings. The van der Waals surface area contributed by atoms with Crippen molar-refractivity contribution in [1.82, 2.24) is 9.29 Å². The Morgan fingerprint density at radius 1 is 0.895 bits per heavy atom. The molecule has 194 valence electrons. The highest BCUT2D eigenvalue weighted by Crippen LogP contribution is 2.31. The van der Waals surface area contributed by atoms with E-state index in [1.54, 1.807) is 0 Å². The molecule has 0 saturated carbocycles. The van der Waals surface area contributed by atoms with Gasteiger partial charge in [-0.2, -0.15) is 0 Å². The van der Waals surface area contributed by atoms with Crippen LogP contribution in [0.15, 0.2) is 95.9 Å². The number of halogens is 1. The first-order valence-electron chi connectivity index (χ1n) is 12.1. The molecule has 0 unspecified atom stereocenters. The Morgan fingerprint density at radius 2 is 1.63 bits per heavy atom. The number of hydrogen-bond donors (Lipinski definition) is 2. The summed E-state index contributed by atoms with van der Waals surface area (Å²) in [7, 11) is -3.77. The fourth-order valence-corrected chi connectivity index (χ4v) is 5.78. The molecule has 4 aromatic carbocycles. The molecule has 0 atom stereocenters. The van der Waals surface area contributed by atoms with E-state index in [0.717, 1.165) is 33.9 Å². The number of aryl methyl sites for hydroxylation is 1. The minimum Gasteiger partial charge on any atom is -0.482 e. The molecule has 0 aliphatic heterocycles. The van der Waals surface area contributed by atoms with Crippen LogP contribution < -0.4 is 14.8 Å². The van der Waals surface area contributed by atoms with Crippen molar-refractivity contribution in [2.75, 3.05) is 11.9 Å². The molecule has 0 saturated heterocycles. The number of ether oxygens (including phenoxy) is 1. The van der Waals surface area contributed by atoms with E-state index in [0.29, 0.717) is 5.69 Å². The molecule has 0 spiro atoms. The summed E-state index contributed by atoms with van der Waals surface area (Å²) in [5, 5.41) is 5.13. The first-order chi connectivity index (χ1) is 18.4. The van der Waals surface area contributed by atoms with Gasteiger partial charge in [0.05, 0.1) is 9.92 Å². The zero-order valence-electron chi connectivity index (χ0n) is 20.6. The standard InChI is InChI=1S/C29H26ClN3O4S/c1-2-33-26-11-7-6-10-23(26)24-16-21(12-14-27(24)33)32-29(34)19-37-28-15-13-22(17-25(28)30)38(35,36)31-18-20-8-4-3-5-9-20/h3-17,31H,2,18-19H2,1H3,(H,32,34). The summed E-state index contributed by atoms with van der Waals surface area (Å²) < 4.78 is 35.7. The Bertz CT molecular complexity index is 1730. The highest BCUT2D eigenvalue weighted by molar-refractivity contribution is 7.89. The van der Waals surface area contributed by atoms with Gasteiger partial charge in [-0.1, -0.05) is 60.1 Å². The Balaban J connectivity index is 1.24. The van der Waals surface area contributed by atoms with E-state index >= 15 is 0 Å². The lowest BCUT2D eigenvalue weighted by Gasteiger charge is -2.11. The fraction of sp³-hybridized carbons (Fsp3) is 0.138. The summed E-state index contributed by atoms with van der Waals surface area (Å²) >= 11 is 6.28. The molecule has 1 aromatic heterocycles. The molecule has 2 N–H and O–H groups in total. The molecule has 38 heavy (non-hydrogen) atoms. The molecule has 1 amide bonds. The van der Waals surface area contributed by atoms with E-state index in [-0.39, 0.29) is 34.7 Å². The van der Waals surface area contributed by atoms with Crippen LogP contribution in [0.3, 0.4) is 0 Å². The molecular weight excluding hydrogens is 522 g/mol. The lowest BCUT2D eigenvalue weighted by molar-refractivity contribution is -0.118. The highest BCUT2D eigenvalue weighted by atomic mass is 35.5. The van der Waals surface area contributed by atoms with Gasteiger partial charge >= 0.3 is 0 Å². The van der Waals surface area contributed by atoms with Crippen LogP contribution in [-0.2, 0) is 27.9 Å². The van der Waals surface area contributed by atoms with Crippen LogP contribution in [0.2, 0.25) is 5.02 Å². The topological polar surface area (TPSA) is 89.4 Å². The second-order valence-electron chi connectivity index (χ2n) is 8.73. The first-order valence-corrected chi connectivity index (χ1v) is 14.0. The number of fused-ring (bicyclic) bond motifs is 3. The van der Waals surface area contributed by atoms with Gasteiger partial charge in [0.25, 0.3) is 5.91 Å². The van der Waals surface area contributed by atoms with Crippen LogP contribution in [0.5, 0.6) is 5.75 Å². The van der Waals surface area contributed by atoms with Gasteiger partial charge in [0, 0.05) is 40.6 Å². The zero-order chi connectivity index (χ0) is 26.7. The summed E-state index contributed by atoms with van der Waals surface area (Å²) in [6.07, 6.45) is 0. The molecule has 1 heterocycles. The van der Waals surface area contributed by atoms with Gasteiger partial charge in [0.15, 0.2) is 6.61 Å². The number of nitrogens with one attached hydrogen (secondary N) is 2. The monoisotopic (exact) mass is 547 g/mol. The maximum Gasteiger partial charge on any atom is 0.262 e. The van der Waals surface area contributed by atoms with E-state index in [4.69, 9.17) is 16.3 Å². The van der Waals surface area contributed by atoms with Gasteiger partial charge in [0.1, 0.15) is 5.75 Å². The van der Waals surface area contributed by atoms with E-state index in [1.165, 1.54) is 18.2 Å². The maximum atomic E-state index is 12.7. The number of aromatic nitrogens is 1. The predicted molar refractivity (Wildman–Crippen MR) is 151 cm³/mol. The first kappa shape index (κ1) is 25.8. The number of hydrogen-bond acceptors (Lipinski definition) is 4. The van der Waals surface area contributed by atoms with Crippen molar-refractivity contribution in [3.8, 4) is 5.75 Å². The van der Waals surface area contributed by atoms with Crippen LogP contribution in [0.25, 0.3) is 21.8 Å². The number of nitrogens with zero attached hydrogens (tertiary/aromatic N) is 1. The van der Waals surface area contributed by atoms with Crippen molar-refractivity contribution in [2.24, 2.45) is 0 Å². The molecule has 0 aliphatic carbocycles. The Morgan fingerprint density at radius 3 is 2.39 bits per heavy atom. The maximum absolute atomic E-state index is 12.7. The van der Waals surface area contributed by atoms with Crippen LogP contribution in [0, 0.1) is 0 Å². The number of carbonyl (C=O) groups excluding carboxylic acids is 1. The van der Waals surface area contributed by atoms with E-state index in [1.807, 2.05) is 60.7 Å². The summed E-state index contributed by atoms with van der Waals surface area (Å²) in [6.45, 7) is 2.82. The molecule has 0 radical (unpaired) electrons. The summed E-state index contributed by atoms with van der Waals surface area (Å²) in [5.74, 6) is -0.147. The van der Waals surface area contributed by atoms with Gasteiger partial charge in [-0.05, 0) is 55.0 Å². The van der Waals surface area contributed by atoms with E-state index in [9.17, 15) is 13.2 Å².